The number of nitrogens with one attached hydrogen (secondary N) is 1. The molecule has 0 aliphatic heterocycles. The molecule has 0 aliphatic carbocycles. The van der Waals surface area contributed by atoms with E-state index in [4.69, 9.17) is 4.42 Å². The van der Waals surface area contributed by atoms with Crippen LogP contribution < -0.4 is 5.32 Å². The fraction of sp³-hybridized carbons (Fsp3) is 0.333. The lowest BCUT2D eigenvalue weighted by Crippen LogP contribution is -2.21. The molecule has 2 heterocycles. The normalized spacial score (nSPS) is 12.9. The predicted molar refractivity (Wildman–Crippen MR) is 63.2 cm³/mol. The van der Waals surface area contributed by atoms with Crippen molar-refractivity contribution in [3.05, 3.63) is 46.5 Å². The van der Waals surface area contributed by atoms with Crippen molar-refractivity contribution in [1.29, 1.82) is 0 Å². The minimum atomic E-state index is 0.281. The van der Waals surface area contributed by atoms with Crippen LogP contribution in [-0.2, 0) is 0 Å². The molecule has 3 heteroatoms. The molecule has 2 rings (SSSR count). The lowest BCUT2D eigenvalue weighted by atomic mass is 10.1. The van der Waals surface area contributed by atoms with Crippen LogP contribution in [0.1, 0.15) is 29.8 Å². The van der Waals surface area contributed by atoms with Gasteiger partial charge in [0, 0.05) is 10.4 Å². The summed E-state index contributed by atoms with van der Waals surface area (Å²) in [6, 6.07) is 6.54. The molecule has 1 atom stereocenters. The number of thiophene rings is 1. The van der Waals surface area contributed by atoms with Gasteiger partial charge in [-0.25, -0.2) is 0 Å². The number of rotatable bonds is 5. The third-order valence-electron chi connectivity index (χ3n) is 2.30. The van der Waals surface area contributed by atoms with Crippen molar-refractivity contribution in [3.8, 4) is 0 Å². The molecule has 0 spiro atoms. The van der Waals surface area contributed by atoms with Crippen molar-refractivity contribution < 1.29 is 4.42 Å². The average Bonchev–Trinajstić information content (AvgIpc) is 2.90. The molecule has 0 aromatic carbocycles. The summed E-state index contributed by atoms with van der Waals surface area (Å²) in [7, 11) is 0. The van der Waals surface area contributed by atoms with Crippen LogP contribution >= 0.6 is 11.3 Å². The minimum Gasteiger partial charge on any atom is -0.472 e. The van der Waals surface area contributed by atoms with Crippen molar-refractivity contribution in [3.63, 3.8) is 0 Å². The maximum Gasteiger partial charge on any atom is 0.0954 e. The molecule has 80 valence electrons. The maximum atomic E-state index is 5.14. The van der Waals surface area contributed by atoms with Gasteiger partial charge < -0.3 is 9.73 Å². The van der Waals surface area contributed by atoms with E-state index in [9.17, 15) is 0 Å². The minimum absolute atomic E-state index is 0.281. The second kappa shape index (κ2) is 5.14. The van der Waals surface area contributed by atoms with Gasteiger partial charge in [0.15, 0.2) is 0 Å². The van der Waals surface area contributed by atoms with Crippen LogP contribution in [0.15, 0.2) is 40.5 Å². The van der Waals surface area contributed by atoms with Crippen molar-refractivity contribution in [2.45, 2.75) is 19.4 Å². The molecule has 1 N–H and O–H groups in total. The molecule has 0 fully saturated rings. The molecule has 0 aliphatic rings. The third-order valence-corrected chi connectivity index (χ3v) is 3.24. The summed E-state index contributed by atoms with van der Waals surface area (Å²) in [5, 5.41) is 5.63. The molecule has 1 unspecified atom stereocenters. The van der Waals surface area contributed by atoms with E-state index < -0.39 is 0 Å². The Morgan fingerprint density at radius 2 is 2.40 bits per heavy atom. The number of hydrogen-bond donors (Lipinski definition) is 1. The first-order chi connectivity index (χ1) is 7.42. The van der Waals surface area contributed by atoms with Crippen LogP contribution in [0.5, 0.6) is 0 Å². The van der Waals surface area contributed by atoms with Crippen LogP contribution in [0.4, 0.5) is 0 Å². The van der Waals surface area contributed by atoms with Gasteiger partial charge >= 0.3 is 0 Å². The average molecular weight is 221 g/mol. The second-order valence-corrected chi connectivity index (χ2v) is 4.44. The fourth-order valence-corrected chi connectivity index (χ4v) is 2.39. The van der Waals surface area contributed by atoms with E-state index in [0.29, 0.717) is 0 Å². The summed E-state index contributed by atoms with van der Waals surface area (Å²) >= 11 is 1.78. The number of hydrogen-bond acceptors (Lipinski definition) is 3. The third kappa shape index (κ3) is 2.49. The van der Waals surface area contributed by atoms with Gasteiger partial charge in [0.25, 0.3) is 0 Å². The van der Waals surface area contributed by atoms with E-state index >= 15 is 0 Å². The van der Waals surface area contributed by atoms with E-state index in [-0.39, 0.29) is 6.04 Å². The summed E-state index contributed by atoms with van der Waals surface area (Å²) in [6.07, 6.45) is 4.68. The van der Waals surface area contributed by atoms with Gasteiger partial charge in [-0.15, -0.1) is 11.3 Å². The smallest absolute Gasteiger partial charge is 0.0954 e. The highest BCUT2D eigenvalue weighted by atomic mass is 32.1. The molecular formula is C12H15NOS. The first-order valence-corrected chi connectivity index (χ1v) is 6.08. The van der Waals surface area contributed by atoms with Crippen LogP contribution in [0.2, 0.25) is 0 Å². The Morgan fingerprint density at radius 1 is 1.47 bits per heavy atom. The fourth-order valence-electron chi connectivity index (χ4n) is 1.57. The Hall–Kier alpha value is -1.06. The van der Waals surface area contributed by atoms with Crippen molar-refractivity contribution in [2.24, 2.45) is 0 Å². The van der Waals surface area contributed by atoms with Gasteiger partial charge in [-0.3, -0.25) is 0 Å². The highest BCUT2D eigenvalue weighted by Gasteiger charge is 2.14. The van der Waals surface area contributed by atoms with Gasteiger partial charge in [0.1, 0.15) is 0 Å². The maximum absolute atomic E-state index is 5.14. The first kappa shape index (κ1) is 10.5. The van der Waals surface area contributed by atoms with Crippen molar-refractivity contribution in [2.75, 3.05) is 6.54 Å². The molecular weight excluding hydrogens is 206 g/mol. The quantitative estimate of drug-likeness (QED) is 0.836. The molecule has 0 radical (unpaired) electrons. The number of furan rings is 1. The van der Waals surface area contributed by atoms with E-state index in [1.165, 1.54) is 10.4 Å². The van der Waals surface area contributed by atoms with E-state index in [0.717, 1.165) is 13.0 Å². The van der Waals surface area contributed by atoms with Crippen LogP contribution in [-0.4, -0.2) is 6.54 Å². The monoisotopic (exact) mass is 221 g/mol. The molecule has 0 amide bonds. The van der Waals surface area contributed by atoms with Gasteiger partial charge in [-0.2, -0.15) is 0 Å². The zero-order chi connectivity index (χ0) is 10.5. The van der Waals surface area contributed by atoms with Crippen LogP contribution in [0, 0.1) is 0 Å². The summed E-state index contributed by atoms with van der Waals surface area (Å²) in [4.78, 5) is 1.34. The molecule has 2 aromatic rings. The predicted octanol–water partition coefficient (Wildman–Crippen LogP) is 3.43. The van der Waals surface area contributed by atoms with E-state index in [1.807, 2.05) is 12.3 Å². The molecule has 0 saturated carbocycles. The Labute approximate surface area is 93.9 Å². The Balaban J connectivity index is 2.17. The topological polar surface area (TPSA) is 25.2 Å². The van der Waals surface area contributed by atoms with Crippen molar-refractivity contribution >= 4 is 11.3 Å². The van der Waals surface area contributed by atoms with E-state index in [2.05, 4.69) is 29.8 Å². The Morgan fingerprint density at radius 3 is 3.00 bits per heavy atom. The highest BCUT2D eigenvalue weighted by Crippen LogP contribution is 2.26. The Bertz CT molecular complexity index is 332. The molecule has 2 aromatic heterocycles. The summed E-state index contributed by atoms with van der Waals surface area (Å²) < 4.78 is 5.14. The first-order valence-electron chi connectivity index (χ1n) is 5.20. The lowest BCUT2D eigenvalue weighted by molar-refractivity contribution is 0.550. The molecule has 15 heavy (non-hydrogen) atoms. The van der Waals surface area contributed by atoms with E-state index in [1.54, 1.807) is 17.6 Å². The lowest BCUT2D eigenvalue weighted by Gasteiger charge is -2.15. The van der Waals surface area contributed by atoms with Crippen molar-refractivity contribution in [1.82, 2.24) is 5.32 Å². The largest absolute Gasteiger partial charge is 0.472 e. The Kier molecular flexibility index (Phi) is 3.59. The molecule has 0 saturated heterocycles. The summed E-state index contributed by atoms with van der Waals surface area (Å²) in [5.41, 5.74) is 1.20. The standard InChI is InChI=1S/C12H15NOS/c1-2-6-13-12(10-5-7-14-9-10)11-4-3-8-15-11/h3-5,7-9,12-13H,2,6H2,1H3. The van der Waals surface area contributed by atoms with Crippen LogP contribution in [0.25, 0.3) is 0 Å². The second-order valence-electron chi connectivity index (χ2n) is 3.46. The van der Waals surface area contributed by atoms with Gasteiger partial charge in [0.05, 0.1) is 18.6 Å². The van der Waals surface area contributed by atoms with Gasteiger partial charge in [-0.1, -0.05) is 13.0 Å². The molecule has 2 nitrogen and oxygen atoms in total. The van der Waals surface area contributed by atoms with Crippen LogP contribution in [0.3, 0.4) is 0 Å². The highest BCUT2D eigenvalue weighted by molar-refractivity contribution is 7.10. The SMILES string of the molecule is CCCNC(c1ccoc1)c1cccs1. The molecule has 0 bridgehead atoms. The van der Waals surface area contributed by atoms with Gasteiger partial charge in [-0.05, 0) is 30.5 Å². The zero-order valence-corrected chi connectivity index (χ0v) is 9.59. The summed E-state index contributed by atoms with van der Waals surface area (Å²) in [6.45, 7) is 3.20. The summed E-state index contributed by atoms with van der Waals surface area (Å²) in [5.74, 6) is 0. The zero-order valence-electron chi connectivity index (χ0n) is 8.77. The van der Waals surface area contributed by atoms with Gasteiger partial charge in [0.2, 0.25) is 0 Å².